The predicted octanol–water partition coefficient (Wildman–Crippen LogP) is 1.47. The second-order valence-corrected chi connectivity index (χ2v) is 4.79. The first-order chi connectivity index (χ1) is 8.95. The Morgan fingerprint density at radius 1 is 1.47 bits per heavy atom. The number of thioether (sulfide) groups is 1. The number of aliphatic carboxylic acids is 1. The van der Waals surface area contributed by atoms with Crippen LogP contribution in [0.1, 0.15) is 16.8 Å². The molecule has 1 aromatic carbocycles. The number of phenols is 1. The zero-order valence-electron chi connectivity index (χ0n) is 10.2. The van der Waals surface area contributed by atoms with Crippen LogP contribution in [-0.2, 0) is 4.79 Å². The van der Waals surface area contributed by atoms with Crippen molar-refractivity contribution in [3.05, 3.63) is 29.6 Å². The maximum Gasteiger partial charge on any atom is 0.326 e. The van der Waals surface area contributed by atoms with E-state index < -0.39 is 29.5 Å². The molecule has 0 saturated carbocycles. The molecule has 1 atom stereocenters. The van der Waals surface area contributed by atoms with Crippen molar-refractivity contribution in [3.8, 4) is 5.75 Å². The highest BCUT2D eigenvalue weighted by atomic mass is 32.2. The molecule has 19 heavy (non-hydrogen) atoms. The van der Waals surface area contributed by atoms with Gasteiger partial charge in [-0.25, -0.2) is 9.18 Å². The summed E-state index contributed by atoms with van der Waals surface area (Å²) in [7, 11) is 0. The number of nitrogens with one attached hydrogen (secondary N) is 1. The van der Waals surface area contributed by atoms with Gasteiger partial charge in [-0.2, -0.15) is 11.8 Å². The number of benzene rings is 1. The fourth-order valence-electron chi connectivity index (χ4n) is 1.43. The monoisotopic (exact) mass is 287 g/mol. The molecule has 0 unspecified atom stereocenters. The van der Waals surface area contributed by atoms with E-state index in [2.05, 4.69) is 5.32 Å². The largest absolute Gasteiger partial charge is 0.507 e. The molecule has 0 saturated heterocycles. The first-order valence-corrected chi connectivity index (χ1v) is 6.86. The lowest BCUT2D eigenvalue weighted by molar-refractivity contribution is -0.139. The Morgan fingerprint density at radius 2 is 2.16 bits per heavy atom. The molecule has 3 N–H and O–H groups in total. The van der Waals surface area contributed by atoms with Crippen LogP contribution in [0.2, 0.25) is 0 Å². The molecule has 0 aromatic heterocycles. The van der Waals surface area contributed by atoms with Crippen LogP contribution in [0.3, 0.4) is 0 Å². The second kappa shape index (κ2) is 6.98. The summed E-state index contributed by atoms with van der Waals surface area (Å²) in [6.45, 7) is 0. The quantitative estimate of drug-likeness (QED) is 0.737. The number of amides is 1. The normalized spacial score (nSPS) is 11.9. The minimum atomic E-state index is -1.15. The molecule has 7 heteroatoms. The Morgan fingerprint density at radius 3 is 2.68 bits per heavy atom. The van der Waals surface area contributed by atoms with Crippen LogP contribution in [0.15, 0.2) is 18.2 Å². The number of carboxylic acid groups (broad SMARTS) is 1. The Bertz CT molecular complexity index is 481. The molecule has 1 rings (SSSR count). The highest BCUT2D eigenvalue weighted by Gasteiger charge is 2.21. The highest BCUT2D eigenvalue weighted by Crippen LogP contribution is 2.18. The van der Waals surface area contributed by atoms with Gasteiger partial charge in [-0.05, 0) is 30.6 Å². The average Bonchev–Trinajstić information content (AvgIpc) is 2.33. The first kappa shape index (κ1) is 15.3. The van der Waals surface area contributed by atoms with E-state index in [1.54, 1.807) is 0 Å². The summed E-state index contributed by atoms with van der Waals surface area (Å²) < 4.78 is 12.8. The molecule has 0 fully saturated rings. The van der Waals surface area contributed by atoms with Gasteiger partial charge in [0.25, 0.3) is 5.91 Å². The van der Waals surface area contributed by atoms with Crippen LogP contribution in [0.5, 0.6) is 5.75 Å². The van der Waals surface area contributed by atoms with Gasteiger partial charge in [0.1, 0.15) is 17.6 Å². The number of hydrogen-bond donors (Lipinski definition) is 3. The molecule has 1 aromatic rings. The van der Waals surface area contributed by atoms with Crippen molar-refractivity contribution in [2.45, 2.75) is 12.5 Å². The number of aromatic hydroxyl groups is 1. The molecule has 104 valence electrons. The van der Waals surface area contributed by atoms with Gasteiger partial charge in [-0.3, -0.25) is 4.79 Å². The fourth-order valence-corrected chi connectivity index (χ4v) is 1.90. The van der Waals surface area contributed by atoms with Gasteiger partial charge in [-0.15, -0.1) is 0 Å². The van der Waals surface area contributed by atoms with Crippen molar-refractivity contribution in [2.75, 3.05) is 12.0 Å². The van der Waals surface area contributed by atoms with Crippen molar-refractivity contribution in [1.82, 2.24) is 5.32 Å². The molecular formula is C12H14FNO4S. The van der Waals surface area contributed by atoms with E-state index in [1.165, 1.54) is 11.8 Å². The lowest BCUT2D eigenvalue weighted by atomic mass is 10.1. The van der Waals surface area contributed by atoms with Crippen LogP contribution >= 0.6 is 11.8 Å². The van der Waals surface area contributed by atoms with E-state index in [0.29, 0.717) is 5.75 Å². The third kappa shape index (κ3) is 4.44. The minimum Gasteiger partial charge on any atom is -0.507 e. The standard InChI is InChI=1S/C12H14FNO4S/c1-19-5-4-9(12(17)18)14-11(16)8-3-2-7(13)6-10(8)15/h2-3,6,9,15H,4-5H2,1H3,(H,14,16)(H,17,18)/t9-/m0/s1. The van der Waals surface area contributed by atoms with Crippen molar-refractivity contribution < 1.29 is 24.2 Å². The van der Waals surface area contributed by atoms with E-state index in [9.17, 15) is 19.1 Å². The van der Waals surface area contributed by atoms with Gasteiger partial charge >= 0.3 is 5.97 Å². The van der Waals surface area contributed by atoms with E-state index in [4.69, 9.17) is 5.11 Å². The molecule has 0 spiro atoms. The fraction of sp³-hybridized carbons (Fsp3) is 0.333. The van der Waals surface area contributed by atoms with Crippen LogP contribution in [0.25, 0.3) is 0 Å². The number of carboxylic acids is 1. The summed E-state index contributed by atoms with van der Waals surface area (Å²) in [4.78, 5) is 22.8. The number of phenolic OH excluding ortho intramolecular Hbond substituents is 1. The number of carbonyl (C=O) groups is 2. The van der Waals surface area contributed by atoms with Gasteiger partial charge in [0, 0.05) is 6.07 Å². The zero-order valence-corrected chi connectivity index (χ0v) is 11.0. The number of carbonyl (C=O) groups excluding carboxylic acids is 1. The first-order valence-electron chi connectivity index (χ1n) is 5.46. The van der Waals surface area contributed by atoms with Gasteiger partial charge in [0.05, 0.1) is 5.56 Å². The Kier molecular flexibility index (Phi) is 5.62. The molecule has 0 bridgehead atoms. The van der Waals surface area contributed by atoms with E-state index in [0.717, 1.165) is 18.2 Å². The second-order valence-electron chi connectivity index (χ2n) is 3.81. The topological polar surface area (TPSA) is 86.6 Å². The van der Waals surface area contributed by atoms with Crippen molar-refractivity contribution in [3.63, 3.8) is 0 Å². The minimum absolute atomic E-state index is 0.156. The molecule has 0 aliphatic carbocycles. The Labute approximate surface area is 113 Å². The van der Waals surface area contributed by atoms with Gasteiger partial charge in [0.2, 0.25) is 0 Å². The summed E-state index contributed by atoms with van der Waals surface area (Å²) in [5, 5.41) is 20.7. The average molecular weight is 287 g/mol. The van der Waals surface area contributed by atoms with Crippen LogP contribution in [0, 0.1) is 5.82 Å². The SMILES string of the molecule is CSCC[C@H](NC(=O)c1ccc(F)cc1O)C(=O)O. The molecular weight excluding hydrogens is 273 g/mol. The van der Waals surface area contributed by atoms with Crippen molar-refractivity contribution in [2.24, 2.45) is 0 Å². The lowest BCUT2D eigenvalue weighted by Gasteiger charge is -2.14. The van der Waals surface area contributed by atoms with Gasteiger partial charge in [0.15, 0.2) is 0 Å². The zero-order chi connectivity index (χ0) is 14.4. The predicted molar refractivity (Wildman–Crippen MR) is 70.0 cm³/mol. The molecule has 0 heterocycles. The van der Waals surface area contributed by atoms with E-state index in [1.807, 2.05) is 6.26 Å². The summed E-state index contributed by atoms with van der Waals surface area (Å²) in [5.74, 6) is -2.51. The summed E-state index contributed by atoms with van der Waals surface area (Å²) in [6, 6.07) is 1.89. The maximum absolute atomic E-state index is 12.8. The summed E-state index contributed by atoms with van der Waals surface area (Å²) in [5.41, 5.74) is -0.156. The molecule has 1 amide bonds. The Balaban J connectivity index is 2.78. The van der Waals surface area contributed by atoms with Crippen LogP contribution in [0.4, 0.5) is 4.39 Å². The lowest BCUT2D eigenvalue weighted by Crippen LogP contribution is -2.41. The van der Waals surface area contributed by atoms with Gasteiger partial charge in [-0.1, -0.05) is 0 Å². The van der Waals surface area contributed by atoms with Crippen molar-refractivity contribution in [1.29, 1.82) is 0 Å². The van der Waals surface area contributed by atoms with Gasteiger partial charge < -0.3 is 15.5 Å². The third-order valence-electron chi connectivity index (χ3n) is 2.42. The molecule has 0 radical (unpaired) electrons. The highest BCUT2D eigenvalue weighted by molar-refractivity contribution is 7.98. The van der Waals surface area contributed by atoms with Crippen molar-refractivity contribution >= 4 is 23.6 Å². The third-order valence-corrected chi connectivity index (χ3v) is 3.06. The van der Waals surface area contributed by atoms with Crippen LogP contribution in [-0.4, -0.2) is 40.1 Å². The molecule has 5 nitrogen and oxygen atoms in total. The number of hydrogen-bond acceptors (Lipinski definition) is 4. The number of rotatable bonds is 6. The van der Waals surface area contributed by atoms with E-state index in [-0.39, 0.29) is 12.0 Å². The van der Waals surface area contributed by atoms with Crippen LogP contribution < -0.4 is 5.32 Å². The summed E-state index contributed by atoms with van der Waals surface area (Å²) >= 11 is 1.46. The smallest absolute Gasteiger partial charge is 0.326 e. The summed E-state index contributed by atoms with van der Waals surface area (Å²) in [6.07, 6.45) is 2.09. The Hall–Kier alpha value is -1.76. The molecule has 0 aliphatic rings. The maximum atomic E-state index is 12.8. The number of halogens is 1. The van der Waals surface area contributed by atoms with E-state index >= 15 is 0 Å². The molecule has 0 aliphatic heterocycles.